The molecule has 162 valence electrons. The largest absolute Gasteiger partial charge is 0.493 e. The molecule has 2 amide bonds. The van der Waals surface area contributed by atoms with Gasteiger partial charge in [-0.2, -0.15) is 0 Å². The molecule has 0 aliphatic heterocycles. The molecule has 2 rings (SSSR count). The third-order valence-corrected chi connectivity index (χ3v) is 4.37. The minimum absolute atomic E-state index is 0.147. The average Bonchev–Trinajstić information content (AvgIpc) is 2.70. The van der Waals surface area contributed by atoms with E-state index in [-0.39, 0.29) is 5.69 Å². The highest BCUT2D eigenvalue weighted by atomic mass is 19.1. The zero-order valence-corrected chi connectivity index (χ0v) is 17.3. The van der Waals surface area contributed by atoms with Crippen LogP contribution < -0.4 is 20.1 Å². The number of amides is 2. The molecule has 0 fully saturated rings. The number of methoxy groups -OCH3 is 1. The standard InChI is InChI=1S/C22H26F2N2O4/c1-4-5-6-9-30-19-8-7-15(10-20(19)29-3)14(2)25-21(27)22(28)26-18-12-16(23)11-17(24)13-18/h7-8,10-14H,4-6,9H2,1-3H3,(H,25,27)(H,26,28). The summed E-state index contributed by atoms with van der Waals surface area (Å²) in [7, 11) is 1.52. The van der Waals surface area contributed by atoms with Crippen LogP contribution >= 0.6 is 0 Å². The molecule has 0 saturated carbocycles. The van der Waals surface area contributed by atoms with Gasteiger partial charge in [-0.25, -0.2) is 8.78 Å². The van der Waals surface area contributed by atoms with Gasteiger partial charge in [-0.15, -0.1) is 0 Å². The van der Waals surface area contributed by atoms with Crippen LogP contribution in [0.1, 0.15) is 44.7 Å². The molecule has 2 N–H and O–H groups in total. The van der Waals surface area contributed by atoms with E-state index in [0.717, 1.165) is 31.4 Å². The Balaban J connectivity index is 1.99. The van der Waals surface area contributed by atoms with E-state index in [1.807, 2.05) is 0 Å². The first kappa shape index (κ1) is 23.1. The van der Waals surface area contributed by atoms with Crippen molar-refractivity contribution in [2.75, 3.05) is 19.0 Å². The number of halogens is 2. The number of rotatable bonds is 9. The van der Waals surface area contributed by atoms with Crippen LogP contribution in [0.25, 0.3) is 0 Å². The van der Waals surface area contributed by atoms with Crippen LogP contribution in [0.5, 0.6) is 11.5 Å². The van der Waals surface area contributed by atoms with Crippen LogP contribution in [0.3, 0.4) is 0 Å². The van der Waals surface area contributed by atoms with Gasteiger partial charge < -0.3 is 20.1 Å². The Morgan fingerprint density at radius 2 is 1.70 bits per heavy atom. The summed E-state index contributed by atoms with van der Waals surface area (Å²) in [5, 5.41) is 4.71. The van der Waals surface area contributed by atoms with Crippen LogP contribution in [-0.2, 0) is 9.59 Å². The Morgan fingerprint density at radius 3 is 2.33 bits per heavy atom. The first-order chi connectivity index (χ1) is 14.3. The smallest absolute Gasteiger partial charge is 0.313 e. The van der Waals surface area contributed by atoms with Crippen molar-refractivity contribution in [1.29, 1.82) is 0 Å². The molecule has 0 bridgehead atoms. The van der Waals surface area contributed by atoms with Gasteiger partial charge in [-0.05, 0) is 43.2 Å². The molecule has 6 nitrogen and oxygen atoms in total. The van der Waals surface area contributed by atoms with Crippen LogP contribution in [0.15, 0.2) is 36.4 Å². The molecular weight excluding hydrogens is 394 g/mol. The molecule has 0 aliphatic carbocycles. The second-order valence-corrected chi connectivity index (χ2v) is 6.77. The van der Waals surface area contributed by atoms with Crippen LogP contribution in [-0.4, -0.2) is 25.5 Å². The predicted molar refractivity (Wildman–Crippen MR) is 110 cm³/mol. The van der Waals surface area contributed by atoms with Crippen LogP contribution in [0.2, 0.25) is 0 Å². The van der Waals surface area contributed by atoms with Gasteiger partial charge in [-0.3, -0.25) is 9.59 Å². The fraction of sp³-hybridized carbons (Fsp3) is 0.364. The predicted octanol–water partition coefficient (Wildman–Crippen LogP) is 4.36. The lowest BCUT2D eigenvalue weighted by molar-refractivity contribution is -0.136. The lowest BCUT2D eigenvalue weighted by atomic mass is 10.1. The monoisotopic (exact) mass is 420 g/mol. The number of unbranched alkanes of at least 4 members (excludes halogenated alkanes) is 2. The molecule has 0 aliphatic rings. The Hall–Kier alpha value is -3.16. The molecule has 30 heavy (non-hydrogen) atoms. The van der Waals surface area contributed by atoms with E-state index in [0.29, 0.717) is 29.7 Å². The maximum atomic E-state index is 13.2. The van der Waals surface area contributed by atoms with Gasteiger partial charge in [0.2, 0.25) is 0 Å². The average molecular weight is 420 g/mol. The molecule has 0 radical (unpaired) electrons. The lowest BCUT2D eigenvalue weighted by Gasteiger charge is -2.17. The lowest BCUT2D eigenvalue weighted by Crippen LogP contribution is -2.36. The molecule has 1 unspecified atom stereocenters. The number of nitrogens with one attached hydrogen (secondary N) is 2. The molecule has 0 heterocycles. The number of anilines is 1. The van der Waals surface area contributed by atoms with Crippen molar-refractivity contribution < 1.29 is 27.8 Å². The quantitative estimate of drug-likeness (QED) is 0.467. The number of carbonyl (C=O) groups is 2. The van der Waals surface area contributed by atoms with Crippen LogP contribution in [0.4, 0.5) is 14.5 Å². The van der Waals surface area contributed by atoms with Gasteiger partial charge in [0, 0.05) is 11.8 Å². The van der Waals surface area contributed by atoms with E-state index in [9.17, 15) is 18.4 Å². The second kappa shape index (κ2) is 11.1. The van der Waals surface area contributed by atoms with Crippen LogP contribution in [0, 0.1) is 11.6 Å². The Bertz CT molecular complexity index is 869. The van der Waals surface area contributed by atoms with Crippen molar-refractivity contribution in [2.45, 2.75) is 39.2 Å². The highest BCUT2D eigenvalue weighted by Crippen LogP contribution is 2.30. The van der Waals surface area contributed by atoms with Gasteiger partial charge in [0.15, 0.2) is 11.5 Å². The molecule has 1 atom stereocenters. The summed E-state index contributed by atoms with van der Waals surface area (Å²) in [5.74, 6) is -2.57. The summed E-state index contributed by atoms with van der Waals surface area (Å²) in [6.07, 6.45) is 3.12. The number of hydrogen-bond acceptors (Lipinski definition) is 4. The van der Waals surface area contributed by atoms with Crippen molar-refractivity contribution in [3.8, 4) is 11.5 Å². The first-order valence-corrected chi connectivity index (χ1v) is 9.72. The van der Waals surface area contributed by atoms with E-state index in [4.69, 9.17) is 9.47 Å². The second-order valence-electron chi connectivity index (χ2n) is 6.77. The first-order valence-electron chi connectivity index (χ1n) is 9.72. The van der Waals surface area contributed by atoms with Gasteiger partial charge in [0.1, 0.15) is 11.6 Å². The van der Waals surface area contributed by atoms with E-state index >= 15 is 0 Å². The number of benzene rings is 2. The molecule has 0 saturated heterocycles. The Labute approximate surface area is 174 Å². The van der Waals surface area contributed by atoms with Crippen molar-refractivity contribution >= 4 is 17.5 Å². The summed E-state index contributed by atoms with van der Waals surface area (Å²) < 4.78 is 37.5. The molecule has 0 spiro atoms. The molecular formula is C22H26F2N2O4. The zero-order valence-electron chi connectivity index (χ0n) is 17.3. The minimum Gasteiger partial charge on any atom is -0.493 e. The minimum atomic E-state index is -1.03. The fourth-order valence-corrected chi connectivity index (χ4v) is 2.77. The SMILES string of the molecule is CCCCCOc1ccc(C(C)NC(=O)C(=O)Nc2cc(F)cc(F)c2)cc1OC. The summed E-state index contributed by atoms with van der Waals surface area (Å²) >= 11 is 0. The van der Waals surface area contributed by atoms with Gasteiger partial charge in [0.05, 0.1) is 19.8 Å². The number of carbonyl (C=O) groups excluding carboxylic acids is 2. The van der Waals surface area contributed by atoms with E-state index < -0.39 is 29.5 Å². The Kier molecular flexibility index (Phi) is 8.58. The number of hydrogen-bond donors (Lipinski definition) is 2. The van der Waals surface area contributed by atoms with E-state index in [2.05, 4.69) is 17.6 Å². The third-order valence-electron chi connectivity index (χ3n) is 4.37. The van der Waals surface area contributed by atoms with Gasteiger partial charge >= 0.3 is 11.8 Å². The Morgan fingerprint density at radius 1 is 1.00 bits per heavy atom. The van der Waals surface area contributed by atoms with Crippen molar-refractivity contribution in [3.05, 3.63) is 53.6 Å². The zero-order chi connectivity index (χ0) is 22.1. The van der Waals surface area contributed by atoms with Crippen molar-refractivity contribution in [2.24, 2.45) is 0 Å². The third kappa shape index (κ3) is 6.72. The van der Waals surface area contributed by atoms with E-state index in [1.165, 1.54) is 7.11 Å². The number of ether oxygens (including phenoxy) is 2. The maximum Gasteiger partial charge on any atom is 0.313 e. The summed E-state index contributed by atoms with van der Waals surface area (Å²) in [6.45, 7) is 4.39. The molecule has 8 heteroatoms. The van der Waals surface area contributed by atoms with Crippen molar-refractivity contribution in [3.63, 3.8) is 0 Å². The highest BCUT2D eigenvalue weighted by Gasteiger charge is 2.19. The van der Waals surface area contributed by atoms with E-state index in [1.54, 1.807) is 25.1 Å². The van der Waals surface area contributed by atoms with Gasteiger partial charge in [-0.1, -0.05) is 25.8 Å². The topological polar surface area (TPSA) is 76.7 Å². The highest BCUT2D eigenvalue weighted by molar-refractivity contribution is 6.39. The van der Waals surface area contributed by atoms with Crippen molar-refractivity contribution in [1.82, 2.24) is 5.32 Å². The summed E-state index contributed by atoms with van der Waals surface area (Å²) in [6, 6.07) is 7.22. The normalized spacial score (nSPS) is 11.5. The maximum absolute atomic E-state index is 13.2. The summed E-state index contributed by atoms with van der Waals surface area (Å²) in [4.78, 5) is 24.2. The summed E-state index contributed by atoms with van der Waals surface area (Å²) in [5.41, 5.74) is 0.553. The fourth-order valence-electron chi connectivity index (χ4n) is 2.77. The van der Waals surface area contributed by atoms with Gasteiger partial charge in [0.25, 0.3) is 0 Å². The molecule has 2 aromatic rings. The molecule has 0 aromatic heterocycles. The molecule has 2 aromatic carbocycles.